The maximum absolute atomic E-state index is 12.6. The van der Waals surface area contributed by atoms with E-state index < -0.39 is 5.97 Å². The van der Waals surface area contributed by atoms with Gasteiger partial charge in [0.05, 0.1) is 18.4 Å². The Balaban J connectivity index is 1.45. The fraction of sp³-hybridized carbons (Fsp3) is 0.368. The number of anilines is 1. The molecular weight excluding hydrogens is 492 g/mol. The first-order valence-corrected chi connectivity index (χ1v) is 11.9. The molecule has 3 aromatic rings. The van der Waals surface area contributed by atoms with Crippen LogP contribution >= 0.6 is 39.0 Å². The zero-order valence-corrected chi connectivity index (χ0v) is 19.6. The van der Waals surface area contributed by atoms with Gasteiger partial charge in [-0.15, -0.1) is 21.5 Å². The van der Waals surface area contributed by atoms with Gasteiger partial charge in [-0.05, 0) is 59.3 Å². The summed E-state index contributed by atoms with van der Waals surface area (Å²) in [6.07, 6.45) is 3.90. The molecule has 1 amide bonds. The zero-order valence-electron chi connectivity index (χ0n) is 16.4. The van der Waals surface area contributed by atoms with Gasteiger partial charge in [-0.25, -0.2) is 4.79 Å². The molecule has 0 fully saturated rings. The number of halogens is 1. The number of hydrogen-bond acceptors (Lipinski definition) is 8. The van der Waals surface area contributed by atoms with Crippen LogP contribution in [0.15, 0.2) is 26.4 Å². The highest BCUT2D eigenvalue weighted by atomic mass is 79.9. The van der Waals surface area contributed by atoms with E-state index in [1.165, 1.54) is 30.2 Å². The van der Waals surface area contributed by atoms with Crippen molar-refractivity contribution in [3.8, 4) is 11.6 Å². The Labute approximate surface area is 189 Å². The van der Waals surface area contributed by atoms with E-state index in [1.807, 2.05) is 7.05 Å². The summed E-state index contributed by atoms with van der Waals surface area (Å²) in [6, 6.07) is 3.58. The lowest BCUT2D eigenvalue weighted by Crippen LogP contribution is -2.16. The van der Waals surface area contributed by atoms with E-state index in [0.29, 0.717) is 32.0 Å². The van der Waals surface area contributed by atoms with E-state index >= 15 is 0 Å². The average molecular weight is 511 g/mol. The van der Waals surface area contributed by atoms with E-state index in [1.54, 1.807) is 16.7 Å². The van der Waals surface area contributed by atoms with Crippen LogP contribution in [0.2, 0.25) is 0 Å². The molecule has 0 unspecified atom stereocenters. The summed E-state index contributed by atoms with van der Waals surface area (Å²) >= 11 is 6.00. The SMILES string of the molecule is COC(=O)c1c(NC(=O)CSc2nnc(-c3ccc(Br)o3)n2C)sc2c1CCCC2. The first-order valence-electron chi connectivity index (χ1n) is 9.28. The van der Waals surface area contributed by atoms with Gasteiger partial charge < -0.3 is 19.0 Å². The molecule has 0 aliphatic heterocycles. The van der Waals surface area contributed by atoms with Crippen LogP contribution in [0.25, 0.3) is 11.6 Å². The first kappa shape index (κ1) is 21.1. The molecule has 4 rings (SSSR count). The highest BCUT2D eigenvalue weighted by Gasteiger charge is 2.27. The lowest BCUT2D eigenvalue weighted by molar-refractivity contribution is -0.113. The number of ether oxygens (including phenoxy) is 1. The van der Waals surface area contributed by atoms with Crippen molar-refractivity contribution in [2.75, 3.05) is 18.2 Å². The van der Waals surface area contributed by atoms with Gasteiger partial charge >= 0.3 is 5.97 Å². The molecule has 0 saturated heterocycles. The second-order valence-electron chi connectivity index (χ2n) is 6.71. The molecule has 1 aliphatic carbocycles. The number of methoxy groups -OCH3 is 1. The third-order valence-corrected chi connectivity index (χ3v) is 7.43. The Morgan fingerprint density at radius 3 is 2.87 bits per heavy atom. The molecule has 158 valence electrons. The third kappa shape index (κ3) is 4.19. The maximum Gasteiger partial charge on any atom is 0.341 e. The second-order valence-corrected chi connectivity index (χ2v) is 9.54. The number of amides is 1. The summed E-state index contributed by atoms with van der Waals surface area (Å²) in [6.45, 7) is 0. The van der Waals surface area contributed by atoms with Crippen molar-refractivity contribution in [3.05, 3.63) is 32.8 Å². The summed E-state index contributed by atoms with van der Waals surface area (Å²) in [5.74, 6) is 0.674. The minimum Gasteiger partial charge on any atom is -0.465 e. The number of thiophene rings is 1. The number of nitrogens with one attached hydrogen (secondary N) is 1. The van der Waals surface area contributed by atoms with Gasteiger partial charge in [0, 0.05) is 11.9 Å². The van der Waals surface area contributed by atoms with Gasteiger partial charge in [0.1, 0.15) is 5.00 Å². The highest BCUT2D eigenvalue weighted by molar-refractivity contribution is 9.10. The molecule has 0 aromatic carbocycles. The fourth-order valence-corrected chi connectivity index (χ4v) is 5.67. The molecule has 3 aromatic heterocycles. The largest absolute Gasteiger partial charge is 0.465 e. The van der Waals surface area contributed by atoms with Crippen LogP contribution in [0.3, 0.4) is 0 Å². The molecule has 1 N–H and O–H groups in total. The predicted octanol–water partition coefficient (Wildman–Crippen LogP) is 4.30. The fourth-order valence-electron chi connectivity index (χ4n) is 3.35. The Morgan fingerprint density at radius 2 is 2.13 bits per heavy atom. The maximum atomic E-state index is 12.6. The molecule has 1 aliphatic rings. The Hall–Kier alpha value is -2.11. The summed E-state index contributed by atoms with van der Waals surface area (Å²) in [5.41, 5.74) is 1.52. The summed E-state index contributed by atoms with van der Waals surface area (Å²) < 4.78 is 12.8. The van der Waals surface area contributed by atoms with Crippen molar-refractivity contribution in [2.24, 2.45) is 7.05 Å². The summed E-state index contributed by atoms with van der Waals surface area (Å²) in [5, 5.41) is 12.3. The lowest BCUT2D eigenvalue weighted by atomic mass is 9.95. The van der Waals surface area contributed by atoms with Gasteiger partial charge in [0.15, 0.2) is 21.4 Å². The van der Waals surface area contributed by atoms with Gasteiger partial charge in [-0.3, -0.25) is 4.79 Å². The standard InChI is InChI=1S/C19H19BrN4O4S2/c1-24-16(11-7-8-13(20)28-11)22-23-19(24)29-9-14(25)21-17-15(18(26)27-2)10-5-3-4-6-12(10)30-17/h7-8H,3-6,9H2,1-2H3,(H,21,25). The number of aryl methyl sites for hydroxylation is 1. The highest BCUT2D eigenvalue weighted by Crippen LogP contribution is 2.38. The number of carbonyl (C=O) groups is 2. The smallest absolute Gasteiger partial charge is 0.341 e. The monoisotopic (exact) mass is 510 g/mol. The van der Waals surface area contributed by atoms with Crippen LogP contribution in [0.4, 0.5) is 5.00 Å². The van der Waals surface area contributed by atoms with E-state index in [-0.39, 0.29) is 11.7 Å². The molecule has 0 radical (unpaired) electrons. The predicted molar refractivity (Wildman–Crippen MR) is 118 cm³/mol. The third-order valence-electron chi connectivity index (χ3n) is 4.77. The van der Waals surface area contributed by atoms with E-state index in [0.717, 1.165) is 36.1 Å². The number of rotatable bonds is 6. The van der Waals surface area contributed by atoms with E-state index in [9.17, 15) is 9.59 Å². The number of nitrogens with zero attached hydrogens (tertiary/aromatic N) is 3. The molecular formula is C19H19BrN4O4S2. The number of fused-ring (bicyclic) bond motifs is 1. The second kappa shape index (κ2) is 8.94. The summed E-state index contributed by atoms with van der Waals surface area (Å²) in [7, 11) is 3.18. The van der Waals surface area contributed by atoms with Crippen molar-refractivity contribution in [3.63, 3.8) is 0 Å². The average Bonchev–Trinajstić information content (AvgIpc) is 3.42. The molecule has 0 bridgehead atoms. The van der Waals surface area contributed by atoms with Gasteiger partial charge in [-0.2, -0.15) is 0 Å². The lowest BCUT2D eigenvalue weighted by Gasteiger charge is -2.11. The zero-order chi connectivity index (χ0) is 21.3. The normalized spacial score (nSPS) is 13.2. The Kier molecular flexibility index (Phi) is 6.30. The van der Waals surface area contributed by atoms with Gasteiger partial charge in [0.25, 0.3) is 0 Å². The van der Waals surface area contributed by atoms with Gasteiger partial charge in [0.2, 0.25) is 5.91 Å². The van der Waals surface area contributed by atoms with Crippen LogP contribution in [0.5, 0.6) is 0 Å². The minimum absolute atomic E-state index is 0.136. The van der Waals surface area contributed by atoms with Crippen LogP contribution in [0, 0.1) is 0 Å². The molecule has 0 saturated carbocycles. The van der Waals surface area contributed by atoms with Crippen LogP contribution in [0.1, 0.15) is 33.6 Å². The minimum atomic E-state index is -0.403. The number of esters is 1. The van der Waals surface area contributed by atoms with Crippen molar-refractivity contribution in [1.29, 1.82) is 0 Å². The molecule has 30 heavy (non-hydrogen) atoms. The molecule has 0 spiro atoms. The molecule has 0 atom stereocenters. The topological polar surface area (TPSA) is 99.2 Å². The molecule has 3 heterocycles. The number of hydrogen-bond donors (Lipinski definition) is 1. The van der Waals surface area contributed by atoms with Crippen molar-refractivity contribution in [1.82, 2.24) is 14.8 Å². The van der Waals surface area contributed by atoms with Crippen LogP contribution in [-0.4, -0.2) is 39.5 Å². The van der Waals surface area contributed by atoms with Gasteiger partial charge in [-0.1, -0.05) is 11.8 Å². The van der Waals surface area contributed by atoms with E-state index in [2.05, 4.69) is 31.4 Å². The Morgan fingerprint density at radius 1 is 1.33 bits per heavy atom. The van der Waals surface area contributed by atoms with Crippen molar-refractivity contribution in [2.45, 2.75) is 30.8 Å². The van der Waals surface area contributed by atoms with Crippen LogP contribution in [-0.2, 0) is 29.4 Å². The number of thioether (sulfide) groups is 1. The number of aromatic nitrogens is 3. The first-order chi connectivity index (χ1) is 14.5. The van der Waals surface area contributed by atoms with E-state index in [4.69, 9.17) is 9.15 Å². The summed E-state index contributed by atoms with van der Waals surface area (Å²) in [4.78, 5) is 26.1. The Bertz CT molecular complexity index is 1100. The number of furan rings is 1. The van der Waals surface area contributed by atoms with Crippen molar-refractivity contribution >= 4 is 55.9 Å². The van der Waals surface area contributed by atoms with Crippen molar-refractivity contribution < 1.29 is 18.7 Å². The molecule has 8 nitrogen and oxygen atoms in total. The van der Waals surface area contributed by atoms with Crippen LogP contribution < -0.4 is 5.32 Å². The quantitative estimate of drug-likeness (QED) is 0.389. The molecule has 11 heteroatoms. The number of carbonyl (C=O) groups excluding carboxylic acids is 2.